The highest BCUT2D eigenvalue weighted by Gasteiger charge is 2.20. The minimum Gasteiger partial charge on any atom is -0.319 e. The molecular formula is C20H22ClN3O3S2. The lowest BCUT2D eigenvalue weighted by Crippen LogP contribution is -2.27. The van der Waals surface area contributed by atoms with Gasteiger partial charge in [0.1, 0.15) is 0 Å². The van der Waals surface area contributed by atoms with Crippen molar-refractivity contribution in [3.8, 4) is 0 Å². The van der Waals surface area contributed by atoms with Crippen LogP contribution in [0, 0.1) is 0 Å². The van der Waals surface area contributed by atoms with E-state index >= 15 is 0 Å². The molecule has 3 rings (SSSR count). The van der Waals surface area contributed by atoms with Gasteiger partial charge in [0.15, 0.2) is 4.80 Å². The van der Waals surface area contributed by atoms with Crippen LogP contribution in [0.1, 0.15) is 30.1 Å². The maximum absolute atomic E-state index is 12.6. The number of benzene rings is 2. The average Bonchev–Trinajstić information content (AvgIpc) is 3.00. The molecule has 0 aliphatic rings. The standard InChI is InChI=1S/C20H22ClN3O3S2/c1-4-5-12-23(2)29(26,27)16-9-6-14(7-10-16)19(25)22-20-24(3)17-11-8-15(21)13-18(17)28-20/h6-11,13H,4-5,12H2,1-3H3. The van der Waals surface area contributed by atoms with Crippen molar-refractivity contribution in [2.75, 3.05) is 13.6 Å². The molecule has 0 aliphatic heterocycles. The molecule has 9 heteroatoms. The third kappa shape index (κ3) is 4.61. The van der Waals surface area contributed by atoms with Gasteiger partial charge in [0.25, 0.3) is 5.91 Å². The van der Waals surface area contributed by atoms with Crippen LogP contribution in [0.25, 0.3) is 10.2 Å². The largest absolute Gasteiger partial charge is 0.319 e. The van der Waals surface area contributed by atoms with Crippen LogP contribution in [-0.2, 0) is 17.1 Å². The van der Waals surface area contributed by atoms with Crippen molar-refractivity contribution in [2.24, 2.45) is 12.0 Å². The van der Waals surface area contributed by atoms with Gasteiger partial charge >= 0.3 is 0 Å². The van der Waals surface area contributed by atoms with E-state index in [0.717, 1.165) is 23.1 Å². The molecule has 0 saturated carbocycles. The summed E-state index contributed by atoms with van der Waals surface area (Å²) in [6, 6.07) is 11.4. The van der Waals surface area contributed by atoms with Crippen LogP contribution >= 0.6 is 22.9 Å². The quantitative estimate of drug-likeness (QED) is 0.567. The first-order valence-electron chi connectivity index (χ1n) is 9.14. The van der Waals surface area contributed by atoms with Gasteiger partial charge in [0, 0.05) is 31.2 Å². The Morgan fingerprint density at radius 2 is 1.90 bits per heavy atom. The second kappa shape index (κ2) is 8.79. The molecule has 0 saturated heterocycles. The highest BCUT2D eigenvalue weighted by atomic mass is 35.5. The Balaban J connectivity index is 1.88. The lowest BCUT2D eigenvalue weighted by atomic mass is 10.2. The van der Waals surface area contributed by atoms with Crippen molar-refractivity contribution in [2.45, 2.75) is 24.7 Å². The third-order valence-electron chi connectivity index (χ3n) is 4.60. The van der Waals surface area contributed by atoms with E-state index in [4.69, 9.17) is 11.6 Å². The zero-order valence-electron chi connectivity index (χ0n) is 16.4. The number of halogens is 1. The molecule has 0 spiro atoms. The lowest BCUT2D eigenvalue weighted by Gasteiger charge is -2.16. The first-order valence-corrected chi connectivity index (χ1v) is 11.8. The number of hydrogen-bond acceptors (Lipinski definition) is 4. The van der Waals surface area contributed by atoms with Crippen molar-refractivity contribution in [1.82, 2.24) is 8.87 Å². The lowest BCUT2D eigenvalue weighted by molar-refractivity contribution is 0.0998. The molecule has 0 fully saturated rings. The van der Waals surface area contributed by atoms with Gasteiger partial charge in [-0.1, -0.05) is 36.3 Å². The summed E-state index contributed by atoms with van der Waals surface area (Å²) in [4.78, 5) is 17.5. The number of sulfonamides is 1. The Labute approximate surface area is 179 Å². The van der Waals surface area contributed by atoms with Crippen LogP contribution in [-0.4, -0.2) is 36.8 Å². The van der Waals surface area contributed by atoms with Crippen LogP contribution in [0.15, 0.2) is 52.4 Å². The van der Waals surface area contributed by atoms with Gasteiger partial charge in [-0.3, -0.25) is 4.79 Å². The topological polar surface area (TPSA) is 71.7 Å². The SMILES string of the molecule is CCCCN(C)S(=O)(=O)c1ccc(C(=O)N=c2sc3cc(Cl)ccc3n2C)cc1. The van der Waals surface area contributed by atoms with E-state index in [2.05, 4.69) is 4.99 Å². The molecule has 0 radical (unpaired) electrons. The number of carbonyl (C=O) groups excluding carboxylic acids is 1. The van der Waals surface area contributed by atoms with Crippen LogP contribution in [0.4, 0.5) is 0 Å². The Morgan fingerprint density at radius 1 is 1.21 bits per heavy atom. The molecule has 0 atom stereocenters. The van der Waals surface area contributed by atoms with E-state index in [1.807, 2.05) is 30.7 Å². The molecule has 29 heavy (non-hydrogen) atoms. The van der Waals surface area contributed by atoms with Gasteiger partial charge in [-0.15, -0.1) is 0 Å². The van der Waals surface area contributed by atoms with Gasteiger partial charge < -0.3 is 4.57 Å². The molecule has 0 aliphatic carbocycles. The fourth-order valence-corrected chi connectivity index (χ4v) is 5.32. The molecule has 154 valence electrons. The van der Waals surface area contributed by atoms with Gasteiger partial charge in [-0.05, 0) is 48.9 Å². The van der Waals surface area contributed by atoms with E-state index in [1.54, 1.807) is 13.1 Å². The van der Waals surface area contributed by atoms with Crippen molar-refractivity contribution >= 4 is 49.1 Å². The highest BCUT2D eigenvalue weighted by Crippen LogP contribution is 2.21. The molecular weight excluding hydrogens is 430 g/mol. The van der Waals surface area contributed by atoms with Crippen LogP contribution in [0.5, 0.6) is 0 Å². The first-order chi connectivity index (χ1) is 13.7. The maximum atomic E-state index is 12.6. The summed E-state index contributed by atoms with van der Waals surface area (Å²) in [5.41, 5.74) is 1.26. The fraction of sp³-hybridized carbons (Fsp3) is 0.300. The van der Waals surface area contributed by atoms with Crippen LogP contribution < -0.4 is 4.80 Å². The van der Waals surface area contributed by atoms with E-state index in [0.29, 0.717) is 21.9 Å². The van der Waals surface area contributed by atoms with Crippen molar-refractivity contribution in [3.05, 3.63) is 57.9 Å². The summed E-state index contributed by atoms with van der Waals surface area (Å²) < 4.78 is 29.3. The number of aryl methyl sites for hydroxylation is 1. The third-order valence-corrected chi connectivity index (χ3v) is 7.81. The number of hydrogen-bond donors (Lipinski definition) is 0. The number of fused-ring (bicyclic) bond motifs is 1. The number of rotatable bonds is 6. The van der Waals surface area contributed by atoms with Crippen molar-refractivity contribution < 1.29 is 13.2 Å². The van der Waals surface area contributed by atoms with Gasteiger partial charge in [0.2, 0.25) is 10.0 Å². The highest BCUT2D eigenvalue weighted by molar-refractivity contribution is 7.89. The van der Waals surface area contributed by atoms with E-state index in [1.165, 1.54) is 39.9 Å². The van der Waals surface area contributed by atoms with Crippen molar-refractivity contribution in [3.63, 3.8) is 0 Å². The fourth-order valence-electron chi connectivity index (χ4n) is 2.82. The maximum Gasteiger partial charge on any atom is 0.279 e. The average molecular weight is 452 g/mol. The number of amides is 1. The number of nitrogens with zero attached hydrogens (tertiary/aromatic N) is 3. The molecule has 1 amide bonds. The molecule has 0 unspecified atom stereocenters. The normalized spacial score (nSPS) is 12.8. The zero-order chi connectivity index (χ0) is 21.2. The number of thiazole rings is 1. The molecule has 6 nitrogen and oxygen atoms in total. The predicted octanol–water partition coefficient (Wildman–Crippen LogP) is 4.05. The molecule has 1 aromatic heterocycles. The number of carbonyl (C=O) groups is 1. The summed E-state index contributed by atoms with van der Waals surface area (Å²) in [5, 5.41) is 0.623. The summed E-state index contributed by atoms with van der Waals surface area (Å²) in [7, 11) is -0.167. The number of aromatic nitrogens is 1. The molecule has 0 bridgehead atoms. The molecule has 1 heterocycles. The molecule has 3 aromatic rings. The van der Waals surface area contributed by atoms with E-state index in [9.17, 15) is 13.2 Å². The second-order valence-corrected chi connectivity index (χ2v) is 10.2. The summed E-state index contributed by atoms with van der Waals surface area (Å²) in [6.07, 6.45) is 1.71. The Hall–Kier alpha value is -2.00. The van der Waals surface area contributed by atoms with Crippen LogP contribution in [0.2, 0.25) is 5.02 Å². The Kier molecular flexibility index (Phi) is 6.58. The minimum absolute atomic E-state index is 0.162. The minimum atomic E-state index is -3.56. The zero-order valence-corrected chi connectivity index (χ0v) is 18.8. The Bertz CT molecular complexity index is 1210. The van der Waals surface area contributed by atoms with Gasteiger partial charge in [-0.2, -0.15) is 4.99 Å². The first kappa shape index (κ1) is 21.7. The molecule has 0 N–H and O–H groups in total. The summed E-state index contributed by atoms with van der Waals surface area (Å²) >= 11 is 7.40. The van der Waals surface area contributed by atoms with E-state index in [-0.39, 0.29) is 4.90 Å². The molecule has 2 aromatic carbocycles. The Morgan fingerprint density at radius 3 is 2.55 bits per heavy atom. The summed E-state index contributed by atoms with van der Waals surface area (Å²) in [5.74, 6) is -0.429. The van der Waals surface area contributed by atoms with Crippen molar-refractivity contribution in [1.29, 1.82) is 0 Å². The monoisotopic (exact) mass is 451 g/mol. The summed E-state index contributed by atoms with van der Waals surface area (Å²) in [6.45, 7) is 2.47. The second-order valence-electron chi connectivity index (χ2n) is 6.68. The van der Waals surface area contributed by atoms with Gasteiger partial charge in [0.05, 0.1) is 15.1 Å². The van der Waals surface area contributed by atoms with E-state index < -0.39 is 15.9 Å². The predicted molar refractivity (Wildman–Crippen MR) is 117 cm³/mol. The van der Waals surface area contributed by atoms with Crippen LogP contribution in [0.3, 0.4) is 0 Å². The number of unbranched alkanes of at least 4 members (excludes halogenated alkanes) is 1. The van der Waals surface area contributed by atoms with Gasteiger partial charge in [-0.25, -0.2) is 12.7 Å². The smallest absolute Gasteiger partial charge is 0.279 e.